The lowest BCUT2D eigenvalue weighted by Gasteiger charge is -2.06. The highest BCUT2D eigenvalue weighted by Gasteiger charge is 2.13. The number of carbonyl (C=O) groups excluding carboxylic acids is 2. The van der Waals surface area contributed by atoms with Gasteiger partial charge >= 0.3 is 11.8 Å². The van der Waals surface area contributed by atoms with Crippen LogP contribution in [0.2, 0.25) is 5.02 Å². The number of rotatable bonds is 3. The minimum Gasteiger partial charge on any atom is -0.392 e. The first-order chi connectivity index (χ1) is 8.40. The number of carbonyl (C=O) groups is 2. The predicted octanol–water partition coefficient (Wildman–Crippen LogP) is 1.44. The van der Waals surface area contributed by atoms with E-state index in [1.54, 1.807) is 18.2 Å². The lowest BCUT2D eigenvalue weighted by molar-refractivity contribution is -0.135. The van der Waals surface area contributed by atoms with Crippen LogP contribution in [0.3, 0.4) is 0 Å². The largest absolute Gasteiger partial charge is 0.392 e. The molecule has 0 saturated carbocycles. The van der Waals surface area contributed by atoms with Crippen molar-refractivity contribution in [1.82, 2.24) is 5.32 Å². The molecule has 4 N–H and O–H groups in total. The summed E-state index contributed by atoms with van der Waals surface area (Å²) in [5.74, 6) is -1.62. The number of anilines is 1. The lowest BCUT2D eigenvalue weighted by Crippen LogP contribution is -2.39. The highest BCUT2D eigenvalue weighted by molar-refractivity contribution is 9.10. The number of nitrogens with two attached hydrogens (primary N) is 1. The first kappa shape index (κ1) is 14.9. The summed E-state index contributed by atoms with van der Waals surface area (Å²) < 4.78 is 0.616. The smallest absolute Gasteiger partial charge is 0.313 e. The van der Waals surface area contributed by atoms with Crippen molar-refractivity contribution in [3.8, 4) is 0 Å². The van der Waals surface area contributed by atoms with Gasteiger partial charge < -0.3 is 16.4 Å². The summed E-state index contributed by atoms with van der Waals surface area (Å²) >= 11 is 13.6. The molecule has 2 amide bonds. The van der Waals surface area contributed by atoms with Gasteiger partial charge in [-0.25, -0.2) is 0 Å². The topological polar surface area (TPSA) is 84.2 Å². The van der Waals surface area contributed by atoms with Crippen LogP contribution in [0.5, 0.6) is 0 Å². The molecule has 0 aromatic heterocycles. The molecule has 18 heavy (non-hydrogen) atoms. The molecule has 0 aliphatic heterocycles. The summed E-state index contributed by atoms with van der Waals surface area (Å²) in [5.41, 5.74) is 5.64. The van der Waals surface area contributed by atoms with Gasteiger partial charge in [0.15, 0.2) is 0 Å². The predicted molar refractivity (Wildman–Crippen MR) is 77.6 cm³/mol. The fraction of sp³-hybridized carbons (Fsp3) is 0.100. The second-order valence-electron chi connectivity index (χ2n) is 3.23. The van der Waals surface area contributed by atoms with Crippen LogP contribution in [-0.2, 0) is 9.59 Å². The molecule has 0 unspecified atom stereocenters. The molecule has 0 saturated heterocycles. The Labute approximate surface area is 122 Å². The lowest BCUT2D eigenvalue weighted by atomic mass is 10.3. The fourth-order valence-corrected chi connectivity index (χ4v) is 1.58. The molecule has 8 heteroatoms. The number of hydrogen-bond donors (Lipinski definition) is 3. The monoisotopic (exact) mass is 349 g/mol. The number of halogens is 2. The van der Waals surface area contributed by atoms with Crippen LogP contribution in [0.4, 0.5) is 5.69 Å². The molecule has 1 rings (SSSR count). The molecule has 0 aliphatic carbocycles. The third-order valence-corrected chi connectivity index (χ3v) is 3.17. The van der Waals surface area contributed by atoms with Gasteiger partial charge in [-0.05, 0) is 34.1 Å². The molecule has 0 fully saturated rings. The third kappa shape index (κ3) is 4.59. The Bertz CT molecular complexity index is 510. The van der Waals surface area contributed by atoms with Crippen molar-refractivity contribution in [1.29, 1.82) is 0 Å². The molecule has 0 radical (unpaired) electrons. The van der Waals surface area contributed by atoms with Crippen molar-refractivity contribution in [2.45, 2.75) is 0 Å². The van der Waals surface area contributed by atoms with Gasteiger partial charge in [-0.1, -0.05) is 23.8 Å². The van der Waals surface area contributed by atoms with Crippen molar-refractivity contribution in [3.63, 3.8) is 0 Å². The van der Waals surface area contributed by atoms with E-state index in [1.807, 2.05) is 0 Å². The number of amides is 2. The van der Waals surface area contributed by atoms with Crippen LogP contribution in [0.15, 0.2) is 22.7 Å². The maximum Gasteiger partial charge on any atom is 0.313 e. The van der Waals surface area contributed by atoms with E-state index < -0.39 is 11.8 Å². The minimum atomic E-state index is -0.811. The molecule has 0 heterocycles. The number of thiocarbonyl (C=S) groups is 1. The Kier molecular flexibility index (Phi) is 5.52. The van der Waals surface area contributed by atoms with E-state index >= 15 is 0 Å². The summed E-state index contributed by atoms with van der Waals surface area (Å²) in [7, 11) is 0. The SMILES string of the molecule is NC(=S)CNC(=O)C(=O)Nc1ccc(Cl)c(Br)c1. The summed E-state index contributed by atoms with van der Waals surface area (Å²) in [6, 6.07) is 4.75. The zero-order chi connectivity index (χ0) is 13.7. The Hall–Kier alpha value is -1.18. The van der Waals surface area contributed by atoms with Gasteiger partial charge in [0.1, 0.15) is 0 Å². The maximum atomic E-state index is 11.5. The van der Waals surface area contributed by atoms with Crippen molar-refractivity contribution >= 4 is 62.2 Å². The Morgan fingerprint density at radius 3 is 2.61 bits per heavy atom. The van der Waals surface area contributed by atoms with Gasteiger partial charge in [0.2, 0.25) is 0 Å². The molecule has 1 aromatic carbocycles. The second-order valence-corrected chi connectivity index (χ2v) is 5.02. The second kappa shape index (κ2) is 6.67. The van der Waals surface area contributed by atoms with Crippen LogP contribution in [0.25, 0.3) is 0 Å². The molecule has 96 valence electrons. The number of nitrogens with one attached hydrogen (secondary N) is 2. The number of benzene rings is 1. The molecule has 0 spiro atoms. The molecule has 0 bridgehead atoms. The van der Waals surface area contributed by atoms with Gasteiger partial charge in [0, 0.05) is 10.2 Å². The highest BCUT2D eigenvalue weighted by atomic mass is 79.9. The van der Waals surface area contributed by atoms with E-state index in [-0.39, 0.29) is 11.5 Å². The summed E-state index contributed by atoms with van der Waals surface area (Å²) in [6.07, 6.45) is 0. The normalized spacial score (nSPS) is 9.67. The van der Waals surface area contributed by atoms with Gasteiger partial charge in [-0.15, -0.1) is 0 Å². The summed E-state index contributed by atoms with van der Waals surface area (Å²) in [5, 5.41) is 5.19. The molecule has 0 aliphatic rings. The Balaban J connectivity index is 2.61. The van der Waals surface area contributed by atoms with E-state index in [2.05, 4.69) is 38.8 Å². The highest BCUT2D eigenvalue weighted by Crippen LogP contribution is 2.25. The van der Waals surface area contributed by atoms with Gasteiger partial charge in [0.25, 0.3) is 0 Å². The van der Waals surface area contributed by atoms with Gasteiger partial charge in [-0.3, -0.25) is 9.59 Å². The van der Waals surface area contributed by atoms with E-state index in [9.17, 15) is 9.59 Å². The molecular formula is C10H9BrClN3O2S. The zero-order valence-corrected chi connectivity index (χ0v) is 12.2. The van der Waals surface area contributed by atoms with Crippen molar-refractivity contribution in [3.05, 3.63) is 27.7 Å². The molecule has 5 nitrogen and oxygen atoms in total. The van der Waals surface area contributed by atoms with Crippen LogP contribution in [-0.4, -0.2) is 23.3 Å². The fourth-order valence-electron chi connectivity index (χ4n) is 1.01. The van der Waals surface area contributed by atoms with Gasteiger partial charge in [-0.2, -0.15) is 0 Å². The third-order valence-electron chi connectivity index (χ3n) is 1.81. The van der Waals surface area contributed by atoms with Crippen LogP contribution < -0.4 is 16.4 Å². The van der Waals surface area contributed by atoms with Crippen LogP contribution >= 0.6 is 39.7 Å². The Morgan fingerprint density at radius 1 is 1.39 bits per heavy atom. The van der Waals surface area contributed by atoms with Gasteiger partial charge in [0.05, 0.1) is 16.6 Å². The first-order valence-electron chi connectivity index (χ1n) is 4.72. The summed E-state index contributed by atoms with van der Waals surface area (Å²) in [6.45, 7) is -0.0219. The molecule has 0 atom stereocenters. The molecule has 1 aromatic rings. The average molecular weight is 351 g/mol. The first-order valence-corrected chi connectivity index (χ1v) is 6.30. The zero-order valence-electron chi connectivity index (χ0n) is 9.00. The van der Waals surface area contributed by atoms with Crippen molar-refractivity contribution < 1.29 is 9.59 Å². The van der Waals surface area contributed by atoms with Crippen molar-refractivity contribution in [2.75, 3.05) is 11.9 Å². The molecular weight excluding hydrogens is 342 g/mol. The van der Waals surface area contributed by atoms with E-state index in [1.165, 1.54) is 0 Å². The van der Waals surface area contributed by atoms with E-state index in [0.29, 0.717) is 15.2 Å². The van der Waals surface area contributed by atoms with E-state index in [4.69, 9.17) is 17.3 Å². The summed E-state index contributed by atoms with van der Waals surface area (Å²) in [4.78, 5) is 22.9. The average Bonchev–Trinajstić information content (AvgIpc) is 2.30. The standard InChI is InChI=1S/C10H9BrClN3O2S/c11-6-3-5(1-2-7(6)12)15-10(17)9(16)14-4-8(13)18/h1-3H,4H2,(H2,13,18)(H,14,16)(H,15,17). The minimum absolute atomic E-state index is 0.0219. The van der Waals surface area contributed by atoms with E-state index in [0.717, 1.165) is 0 Å². The Morgan fingerprint density at radius 2 is 2.06 bits per heavy atom. The van der Waals surface area contributed by atoms with Crippen molar-refractivity contribution in [2.24, 2.45) is 5.73 Å². The number of hydrogen-bond acceptors (Lipinski definition) is 3. The van der Waals surface area contributed by atoms with Crippen LogP contribution in [0, 0.1) is 0 Å². The van der Waals surface area contributed by atoms with Crippen LogP contribution in [0.1, 0.15) is 0 Å². The quantitative estimate of drug-likeness (QED) is 0.569. The maximum absolute atomic E-state index is 11.5.